The lowest BCUT2D eigenvalue weighted by molar-refractivity contribution is -0.384. The molecule has 1 aliphatic rings. The third-order valence-corrected chi connectivity index (χ3v) is 5.16. The van der Waals surface area contributed by atoms with Crippen LogP contribution in [-0.2, 0) is 9.59 Å². The second kappa shape index (κ2) is 8.22. The van der Waals surface area contributed by atoms with E-state index < -0.39 is 4.92 Å². The van der Waals surface area contributed by atoms with Gasteiger partial charge in [0.2, 0.25) is 11.8 Å². The Morgan fingerprint density at radius 2 is 1.85 bits per heavy atom. The van der Waals surface area contributed by atoms with Crippen LogP contribution in [0.3, 0.4) is 0 Å². The van der Waals surface area contributed by atoms with Gasteiger partial charge in [-0.1, -0.05) is 6.07 Å². The van der Waals surface area contributed by atoms with E-state index in [0.29, 0.717) is 5.69 Å². The topological polar surface area (TPSA) is 101 Å². The van der Waals surface area contributed by atoms with Crippen LogP contribution in [0.1, 0.15) is 18.4 Å². The quantitative estimate of drug-likeness (QED) is 0.426. The first-order valence-electron chi connectivity index (χ1n) is 8.51. The van der Waals surface area contributed by atoms with E-state index in [4.69, 9.17) is 0 Å². The van der Waals surface area contributed by atoms with Gasteiger partial charge in [-0.15, -0.1) is 11.8 Å². The first-order chi connectivity index (χ1) is 12.9. The minimum Gasteiger partial charge on any atom is -0.326 e. The molecule has 1 saturated carbocycles. The maximum atomic E-state index is 12.2. The van der Waals surface area contributed by atoms with Gasteiger partial charge in [-0.05, 0) is 49.6 Å². The number of aryl methyl sites for hydroxylation is 1. The van der Waals surface area contributed by atoms with Crippen molar-refractivity contribution in [2.24, 2.45) is 5.92 Å². The molecule has 0 radical (unpaired) electrons. The van der Waals surface area contributed by atoms with Crippen LogP contribution >= 0.6 is 11.8 Å². The zero-order chi connectivity index (χ0) is 19.4. The van der Waals surface area contributed by atoms with Crippen molar-refractivity contribution >= 4 is 40.6 Å². The second-order valence-electron chi connectivity index (χ2n) is 6.38. The lowest BCUT2D eigenvalue weighted by atomic mass is 10.2. The highest BCUT2D eigenvalue weighted by Crippen LogP contribution is 2.30. The maximum absolute atomic E-state index is 12.2. The number of nitrogens with zero attached hydrogens (tertiary/aromatic N) is 1. The Morgan fingerprint density at radius 1 is 1.15 bits per heavy atom. The van der Waals surface area contributed by atoms with E-state index in [1.807, 2.05) is 24.3 Å². The predicted molar refractivity (Wildman–Crippen MR) is 105 cm³/mol. The summed E-state index contributed by atoms with van der Waals surface area (Å²) in [6.07, 6.45) is 1.91. The fourth-order valence-electron chi connectivity index (χ4n) is 2.42. The second-order valence-corrected chi connectivity index (χ2v) is 7.43. The number of nitro benzene ring substituents is 1. The molecule has 2 N–H and O–H groups in total. The first-order valence-corrected chi connectivity index (χ1v) is 9.49. The highest BCUT2D eigenvalue weighted by molar-refractivity contribution is 8.00. The number of nitrogens with one attached hydrogen (secondary N) is 2. The maximum Gasteiger partial charge on any atom is 0.271 e. The number of carbonyl (C=O) groups excluding carboxylic acids is 2. The third kappa shape index (κ3) is 5.30. The lowest BCUT2D eigenvalue weighted by Gasteiger charge is -2.09. The van der Waals surface area contributed by atoms with Gasteiger partial charge in [0.25, 0.3) is 5.69 Å². The van der Waals surface area contributed by atoms with E-state index in [1.54, 1.807) is 13.0 Å². The van der Waals surface area contributed by atoms with Crippen molar-refractivity contribution in [1.29, 1.82) is 0 Å². The molecule has 8 heteroatoms. The van der Waals surface area contributed by atoms with Crippen molar-refractivity contribution in [2.75, 3.05) is 16.4 Å². The molecule has 0 aromatic heterocycles. The zero-order valence-corrected chi connectivity index (χ0v) is 15.5. The number of hydrogen-bond acceptors (Lipinski definition) is 5. The van der Waals surface area contributed by atoms with Gasteiger partial charge in [-0.3, -0.25) is 19.7 Å². The van der Waals surface area contributed by atoms with Crippen LogP contribution in [0.25, 0.3) is 0 Å². The largest absolute Gasteiger partial charge is 0.326 e. The van der Waals surface area contributed by atoms with Crippen LogP contribution in [-0.4, -0.2) is 22.5 Å². The molecule has 2 aromatic carbocycles. The van der Waals surface area contributed by atoms with E-state index in [0.717, 1.165) is 29.0 Å². The number of thioether (sulfide) groups is 1. The number of non-ortho nitro benzene ring substituents is 1. The fraction of sp³-hybridized carbons (Fsp3) is 0.263. The highest BCUT2D eigenvalue weighted by atomic mass is 32.2. The van der Waals surface area contributed by atoms with Gasteiger partial charge in [0.05, 0.1) is 16.4 Å². The summed E-state index contributed by atoms with van der Waals surface area (Å²) >= 11 is 1.35. The Bertz CT molecular complexity index is 879. The summed E-state index contributed by atoms with van der Waals surface area (Å²) in [5.74, 6) is 0.146. The predicted octanol–water partition coefficient (Wildman–Crippen LogP) is 3.98. The number of amides is 2. The molecule has 1 aliphatic carbocycles. The van der Waals surface area contributed by atoms with Gasteiger partial charge >= 0.3 is 0 Å². The van der Waals surface area contributed by atoms with Crippen molar-refractivity contribution in [3.63, 3.8) is 0 Å². The molecule has 0 atom stereocenters. The van der Waals surface area contributed by atoms with Crippen LogP contribution in [0.4, 0.5) is 17.1 Å². The summed E-state index contributed by atoms with van der Waals surface area (Å²) in [6, 6.07) is 11.7. The van der Waals surface area contributed by atoms with Crippen LogP contribution in [0.5, 0.6) is 0 Å². The Morgan fingerprint density at radius 3 is 2.48 bits per heavy atom. The number of hydrogen-bond donors (Lipinski definition) is 2. The smallest absolute Gasteiger partial charge is 0.271 e. The van der Waals surface area contributed by atoms with Crippen molar-refractivity contribution in [3.05, 3.63) is 58.1 Å². The summed E-state index contributed by atoms with van der Waals surface area (Å²) in [5.41, 5.74) is 1.88. The van der Waals surface area contributed by atoms with E-state index in [-0.39, 0.29) is 29.2 Å². The van der Waals surface area contributed by atoms with Crippen LogP contribution in [0.15, 0.2) is 47.4 Å². The molecular weight excluding hydrogens is 366 g/mol. The normalized spacial score (nSPS) is 13.1. The SMILES string of the molecule is Cc1ccc([N+](=O)[O-])cc1NC(=O)CSc1ccc(NC(=O)C2CC2)cc1. The van der Waals surface area contributed by atoms with Crippen molar-refractivity contribution in [1.82, 2.24) is 0 Å². The molecular formula is C19H19N3O4S. The Balaban J connectivity index is 1.52. The number of nitro groups is 1. The standard InChI is InChI=1S/C19H19N3O4S/c1-12-2-7-15(22(25)26)10-17(12)21-18(23)11-27-16-8-5-14(6-9-16)20-19(24)13-3-4-13/h2,5-10,13H,3-4,11H2,1H3,(H,20,24)(H,21,23). The molecule has 0 saturated heterocycles. The lowest BCUT2D eigenvalue weighted by Crippen LogP contribution is -2.15. The first kappa shape index (κ1) is 18.9. The number of benzene rings is 2. The van der Waals surface area contributed by atoms with Crippen molar-refractivity contribution in [3.8, 4) is 0 Å². The molecule has 2 amide bonds. The highest BCUT2D eigenvalue weighted by Gasteiger charge is 2.29. The molecule has 27 heavy (non-hydrogen) atoms. The molecule has 0 spiro atoms. The van der Waals surface area contributed by atoms with Gasteiger partial charge in [0, 0.05) is 28.6 Å². The Kier molecular flexibility index (Phi) is 5.75. The molecule has 2 aromatic rings. The van der Waals surface area contributed by atoms with Gasteiger partial charge in [0.1, 0.15) is 0 Å². The molecule has 0 heterocycles. The van der Waals surface area contributed by atoms with E-state index in [9.17, 15) is 19.7 Å². The molecule has 0 bridgehead atoms. The summed E-state index contributed by atoms with van der Waals surface area (Å²) in [4.78, 5) is 35.1. The van der Waals surface area contributed by atoms with Gasteiger partial charge < -0.3 is 10.6 Å². The van der Waals surface area contributed by atoms with E-state index in [1.165, 1.54) is 23.9 Å². The Labute approximate surface area is 160 Å². The molecule has 140 valence electrons. The number of rotatable bonds is 7. The summed E-state index contributed by atoms with van der Waals surface area (Å²) in [6.45, 7) is 1.78. The van der Waals surface area contributed by atoms with Crippen LogP contribution < -0.4 is 10.6 Å². The molecule has 7 nitrogen and oxygen atoms in total. The summed E-state index contributed by atoms with van der Waals surface area (Å²) in [5, 5.41) is 16.4. The van der Waals surface area contributed by atoms with Gasteiger partial charge in [-0.2, -0.15) is 0 Å². The van der Waals surface area contributed by atoms with E-state index in [2.05, 4.69) is 10.6 Å². The summed E-state index contributed by atoms with van der Waals surface area (Å²) in [7, 11) is 0. The molecule has 0 unspecified atom stereocenters. The van der Waals surface area contributed by atoms with Gasteiger partial charge in [-0.25, -0.2) is 0 Å². The summed E-state index contributed by atoms with van der Waals surface area (Å²) < 4.78 is 0. The van der Waals surface area contributed by atoms with Crippen molar-refractivity contribution in [2.45, 2.75) is 24.7 Å². The van der Waals surface area contributed by atoms with Crippen molar-refractivity contribution < 1.29 is 14.5 Å². The van der Waals surface area contributed by atoms with Gasteiger partial charge in [0.15, 0.2) is 0 Å². The minimum absolute atomic E-state index is 0.0575. The zero-order valence-electron chi connectivity index (χ0n) is 14.7. The molecule has 3 rings (SSSR count). The monoisotopic (exact) mass is 385 g/mol. The number of anilines is 2. The minimum atomic E-state index is -0.493. The average molecular weight is 385 g/mol. The average Bonchev–Trinajstić information content (AvgIpc) is 3.48. The van der Waals surface area contributed by atoms with Crippen LogP contribution in [0, 0.1) is 23.0 Å². The van der Waals surface area contributed by atoms with Crippen LogP contribution in [0.2, 0.25) is 0 Å². The third-order valence-electron chi connectivity index (χ3n) is 4.15. The molecule has 0 aliphatic heterocycles. The number of carbonyl (C=O) groups is 2. The fourth-order valence-corrected chi connectivity index (χ4v) is 3.12. The Hall–Kier alpha value is -2.87. The molecule has 1 fully saturated rings. The van der Waals surface area contributed by atoms with E-state index >= 15 is 0 Å².